The first kappa shape index (κ1) is 27.9. The number of hydrogen-bond donors (Lipinski definition) is 6. The second kappa shape index (κ2) is 8.68. The fourth-order valence-electron chi connectivity index (χ4n) is 6.81. The maximum Gasteiger partial charge on any atom is 0.255 e. The van der Waals surface area contributed by atoms with E-state index >= 15 is 0 Å². The number of hydrogen-bond acceptors (Lipinski definition) is 10. The Morgan fingerprint density at radius 1 is 1.10 bits per heavy atom. The second-order valence-electron chi connectivity index (χ2n) is 10.9. The number of ketones is 2. The van der Waals surface area contributed by atoms with Crippen LogP contribution in [0.3, 0.4) is 0 Å². The molecule has 1 saturated carbocycles. The number of aliphatic hydroxyl groups is 2. The Kier molecular flexibility index (Phi) is 5.91. The average molecular weight is 566 g/mol. The summed E-state index contributed by atoms with van der Waals surface area (Å²) in [5.41, 5.74) is 10.4. The van der Waals surface area contributed by atoms with Crippen molar-refractivity contribution in [1.29, 1.82) is 5.26 Å². The Bertz CT molecular complexity index is 1690. The van der Waals surface area contributed by atoms with Crippen molar-refractivity contribution in [2.45, 2.75) is 30.0 Å². The lowest BCUT2D eigenvalue weighted by Gasteiger charge is -2.58. The summed E-state index contributed by atoms with van der Waals surface area (Å²) in [5, 5.41) is 43.8. The summed E-state index contributed by atoms with van der Waals surface area (Å²) in [6, 6.07) is 5.35. The summed E-state index contributed by atoms with van der Waals surface area (Å²) < 4.78 is 28.3. The molecule has 1 fully saturated rings. The fraction of sp³-hybridized carbons (Fsp3) is 0.286. The molecule has 3 aliphatic carbocycles. The third-order valence-corrected chi connectivity index (χ3v) is 8.31. The number of primary amides is 1. The van der Waals surface area contributed by atoms with Gasteiger partial charge in [-0.2, -0.15) is 5.26 Å². The van der Waals surface area contributed by atoms with Crippen LogP contribution in [-0.2, 0) is 20.8 Å². The van der Waals surface area contributed by atoms with Gasteiger partial charge in [-0.1, -0.05) is 6.07 Å². The highest BCUT2D eigenvalue weighted by Gasteiger charge is 2.74. The number of aromatic hydroxyl groups is 1. The summed E-state index contributed by atoms with van der Waals surface area (Å²) in [5.74, 6) is -8.15. The smallest absolute Gasteiger partial charge is 0.255 e. The van der Waals surface area contributed by atoms with E-state index in [0.29, 0.717) is 6.07 Å². The van der Waals surface area contributed by atoms with Crippen LogP contribution in [0.25, 0.3) is 16.9 Å². The van der Waals surface area contributed by atoms with E-state index in [9.17, 15) is 43.7 Å². The van der Waals surface area contributed by atoms with Gasteiger partial charge >= 0.3 is 0 Å². The van der Waals surface area contributed by atoms with Crippen molar-refractivity contribution in [3.05, 3.63) is 70.0 Å². The molecule has 0 heterocycles. The van der Waals surface area contributed by atoms with Crippen molar-refractivity contribution < 1.29 is 38.5 Å². The minimum Gasteiger partial charge on any atom is -0.509 e. The number of phenols is 1. The van der Waals surface area contributed by atoms with Gasteiger partial charge in [0.25, 0.3) is 5.91 Å². The zero-order valence-electron chi connectivity index (χ0n) is 21.8. The van der Waals surface area contributed by atoms with E-state index < -0.39 is 86.5 Å². The molecule has 4 atom stereocenters. The molecule has 0 aromatic heterocycles. The van der Waals surface area contributed by atoms with Crippen LogP contribution in [0.4, 0.5) is 8.78 Å². The third kappa shape index (κ3) is 3.41. The number of phenolic OH excluding ortho intramolecular Hbond substituents is 1. The van der Waals surface area contributed by atoms with Crippen LogP contribution in [0.15, 0.2) is 47.2 Å². The molecule has 0 aliphatic heterocycles. The normalized spacial score (nSPS) is 29.2. The summed E-state index contributed by atoms with van der Waals surface area (Å²) in [4.78, 5) is 41.3. The van der Waals surface area contributed by atoms with Crippen molar-refractivity contribution in [2.75, 3.05) is 14.1 Å². The monoisotopic (exact) mass is 565 g/mol. The number of carbonyl (C=O) groups is 3. The molecule has 1 amide bonds. The highest BCUT2D eigenvalue weighted by molar-refractivity contribution is 6.25. The van der Waals surface area contributed by atoms with Crippen molar-refractivity contribution in [2.24, 2.45) is 22.6 Å². The highest BCUT2D eigenvalue weighted by Crippen LogP contribution is 2.58. The van der Waals surface area contributed by atoms with Crippen LogP contribution in [0, 0.1) is 28.4 Å². The zero-order chi connectivity index (χ0) is 30.4. The lowest BCUT2D eigenvalue weighted by atomic mass is 9.47. The number of rotatable bonds is 3. The number of Topliss-reactive ketones (excluding diaryl/α,β-unsaturated/α-hetero) is 2. The Morgan fingerprint density at radius 2 is 1.71 bits per heavy atom. The van der Waals surface area contributed by atoms with Crippen LogP contribution in [0.1, 0.15) is 17.5 Å². The van der Waals surface area contributed by atoms with E-state index in [1.165, 1.54) is 25.1 Å². The Hall–Kier alpha value is -4.64. The first-order valence-corrected chi connectivity index (χ1v) is 12.3. The third-order valence-electron chi connectivity index (χ3n) is 8.31. The van der Waals surface area contributed by atoms with Crippen LogP contribution in [0.2, 0.25) is 0 Å². The molecule has 0 saturated heterocycles. The molecule has 2 aromatic carbocycles. The number of nitriles is 1. The molecule has 41 heavy (non-hydrogen) atoms. The molecule has 0 unspecified atom stereocenters. The first-order chi connectivity index (χ1) is 19.1. The molecule has 5 rings (SSSR count). The first-order valence-electron chi connectivity index (χ1n) is 12.3. The predicted octanol–water partition coefficient (Wildman–Crippen LogP) is 0.851. The lowest BCUT2D eigenvalue weighted by molar-refractivity contribution is -0.139. The van der Waals surface area contributed by atoms with Gasteiger partial charge in [0, 0.05) is 6.07 Å². The van der Waals surface area contributed by atoms with Gasteiger partial charge in [0.05, 0.1) is 34.3 Å². The quantitative estimate of drug-likeness (QED) is 0.288. The largest absolute Gasteiger partial charge is 0.509 e. The maximum atomic E-state index is 14.3. The minimum absolute atomic E-state index is 0.0419. The number of amides is 1. The predicted molar refractivity (Wildman–Crippen MR) is 140 cm³/mol. The van der Waals surface area contributed by atoms with Gasteiger partial charge in [-0.3, -0.25) is 19.3 Å². The molecule has 9 N–H and O–H groups in total. The van der Waals surface area contributed by atoms with Gasteiger partial charge in [-0.25, -0.2) is 8.78 Å². The maximum absolute atomic E-state index is 14.3. The van der Waals surface area contributed by atoms with Crippen LogP contribution < -0.4 is 17.2 Å². The SMILES string of the molecule is CN(C)[C@@H]1C(=O)C(C(N)=O)=C(O)[C@@]2(C#N)C(=O)C3=C(O)c4c(O)ccc(-c5cc(F)cc(F)c5)c4C[C@@]3(N)C[C@@]12N. The van der Waals surface area contributed by atoms with Crippen molar-refractivity contribution in [3.63, 3.8) is 0 Å². The van der Waals surface area contributed by atoms with E-state index in [-0.39, 0.29) is 28.7 Å². The lowest BCUT2D eigenvalue weighted by Crippen LogP contribution is -2.80. The van der Waals surface area contributed by atoms with Gasteiger partial charge < -0.3 is 32.5 Å². The molecule has 3 aliphatic rings. The number of carbonyl (C=O) groups excluding carboxylic acids is 3. The molecule has 0 radical (unpaired) electrons. The molecule has 2 aromatic rings. The summed E-state index contributed by atoms with van der Waals surface area (Å²) >= 11 is 0. The second-order valence-corrected chi connectivity index (χ2v) is 10.9. The van der Waals surface area contributed by atoms with E-state index in [4.69, 9.17) is 17.2 Å². The summed E-state index contributed by atoms with van der Waals surface area (Å²) in [6.07, 6.45) is -0.924. The van der Waals surface area contributed by atoms with Crippen LogP contribution in [-0.4, -0.2) is 68.9 Å². The Labute approximate surface area is 231 Å². The fourth-order valence-corrected chi connectivity index (χ4v) is 6.81. The number of nitrogens with two attached hydrogens (primary N) is 3. The molecule has 0 bridgehead atoms. The number of likely N-dealkylation sites (N-methyl/N-ethyl adjacent to an activating group) is 1. The van der Waals surface area contributed by atoms with E-state index in [2.05, 4.69) is 0 Å². The van der Waals surface area contributed by atoms with Crippen molar-refractivity contribution in [1.82, 2.24) is 4.90 Å². The van der Waals surface area contributed by atoms with Gasteiger partial charge in [-0.05, 0) is 61.8 Å². The van der Waals surface area contributed by atoms with Crippen molar-refractivity contribution >= 4 is 23.2 Å². The Balaban J connectivity index is 1.87. The molecule has 13 heteroatoms. The molecule has 212 valence electrons. The van der Waals surface area contributed by atoms with Gasteiger partial charge in [0.15, 0.2) is 17.0 Å². The summed E-state index contributed by atoms with van der Waals surface area (Å²) in [6.45, 7) is 0. The van der Waals surface area contributed by atoms with E-state index in [1.54, 1.807) is 6.07 Å². The minimum atomic E-state index is -2.79. The van der Waals surface area contributed by atoms with E-state index in [0.717, 1.165) is 18.2 Å². The molecular formula is C28H25F2N5O6. The van der Waals surface area contributed by atoms with Gasteiger partial charge in [-0.15, -0.1) is 0 Å². The van der Waals surface area contributed by atoms with Crippen LogP contribution in [0.5, 0.6) is 5.75 Å². The number of halogens is 2. The zero-order valence-corrected chi connectivity index (χ0v) is 21.8. The molecular weight excluding hydrogens is 540 g/mol. The standard InChI is InChI=1S/C28H25F2N5O6/c1-35(2)22-21(38)18(25(32)41)23(39)27(10-31)24(40)19-20(37)17-15(8-26(19,33)9-28(22,27)34)14(3-4-16(17)36)11-5-12(29)7-13(30)6-11/h3-7,22,36-37,39H,8-9,33-34H2,1-2H3,(H2,32,41)/t22-,26-,27+,28-/m1/s1. The highest BCUT2D eigenvalue weighted by atomic mass is 19.1. The number of aliphatic hydroxyl groups excluding tert-OH is 2. The molecule has 11 nitrogen and oxygen atoms in total. The van der Waals surface area contributed by atoms with Gasteiger partial charge in [0.1, 0.15) is 34.5 Å². The number of benzene rings is 2. The van der Waals surface area contributed by atoms with E-state index in [1.807, 2.05) is 0 Å². The average Bonchev–Trinajstić information content (AvgIpc) is 2.82. The molecule has 0 spiro atoms. The van der Waals surface area contributed by atoms with Crippen molar-refractivity contribution in [3.8, 4) is 22.9 Å². The number of nitrogens with zero attached hydrogens (tertiary/aromatic N) is 2. The topological polar surface area (TPSA) is 217 Å². The number of fused-ring (bicyclic) bond motifs is 3. The van der Waals surface area contributed by atoms with Gasteiger partial charge in [0.2, 0.25) is 0 Å². The summed E-state index contributed by atoms with van der Waals surface area (Å²) in [7, 11) is 2.81. The van der Waals surface area contributed by atoms with Crippen LogP contribution >= 0.6 is 0 Å². The Morgan fingerprint density at radius 3 is 2.24 bits per heavy atom.